The van der Waals surface area contributed by atoms with E-state index < -0.39 is 12.0 Å². The van der Waals surface area contributed by atoms with E-state index in [2.05, 4.69) is 15.6 Å². The maximum atomic E-state index is 13.6. The fourth-order valence-electron chi connectivity index (χ4n) is 3.22. The summed E-state index contributed by atoms with van der Waals surface area (Å²) in [6.07, 6.45) is 0.673. The van der Waals surface area contributed by atoms with Gasteiger partial charge in [-0.05, 0) is 69.5 Å². The maximum Gasteiger partial charge on any atom is 0.252 e. The number of aliphatic hydroxyl groups is 1. The van der Waals surface area contributed by atoms with Gasteiger partial charge in [-0.25, -0.2) is 9.37 Å². The van der Waals surface area contributed by atoms with Gasteiger partial charge in [0.2, 0.25) is 0 Å². The van der Waals surface area contributed by atoms with Gasteiger partial charge in [0.25, 0.3) is 5.91 Å². The van der Waals surface area contributed by atoms with E-state index in [0.29, 0.717) is 12.2 Å². The van der Waals surface area contributed by atoms with Gasteiger partial charge in [-0.1, -0.05) is 0 Å². The third-order valence-corrected chi connectivity index (χ3v) is 4.96. The molecule has 0 radical (unpaired) electrons. The number of halogens is 1. The van der Waals surface area contributed by atoms with Crippen molar-refractivity contribution in [3.8, 4) is 0 Å². The van der Waals surface area contributed by atoms with Crippen LogP contribution in [0.5, 0.6) is 0 Å². The summed E-state index contributed by atoms with van der Waals surface area (Å²) >= 11 is 0. The van der Waals surface area contributed by atoms with Gasteiger partial charge in [-0.3, -0.25) is 4.79 Å². The molecule has 1 amide bonds. The van der Waals surface area contributed by atoms with Crippen molar-refractivity contribution in [2.75, 3.05) is 10.6 Å². The van der Waals surface area contributed by atoms with Gasteiger partial charge in [0.1, 0.15) is 11.9 Å². The average molecular weight is 384 g/mol. The van der Waals surface area contributed by atoms with Gasteiger partial charge >= 0.3 is 0 Å². The molecule has 0 bridgehead atoms. The molecular weight excluding hydrogens is 359 g/mol. The van der Waals surface area contributed by atoms with Crippen LogP contribution in [0.3, 0.4) is 0 Å². The third-order valence-electron chi connectivity index (χ3n) is 4.96. The van der Waals surface area contributed by atoms with Crippen LogP contribution >= 0.6 is 0 Å². The van der Waals surface area contributed by atoms with E-state index in [1.54, 1.807) is 12.3 Å². The molecular formula is C21H25FN4O2. The Kier molecular flexibility index (Phi) is 5.38. The Balaban J connectivity index is 1.99. The molecule has 0 fully saturated rings. The highest BCUT2D eigenvalue weighted by Crippen LogP contribution is 2.26. The van der Waals surface area contributed by atoms with E-state index >= 15 is 0 Å². The second-order valence-corrected chi connectivity index (χ2v) is 7.16. The number of hydrogen-bond donors (Lipinski definition) is 3. The van der Waals surface area contributed by atoms with Crippen LogP contribution in [0.1, 0.15) is 35.0 Å². The normalized spacial score (nSPS) is 12.2. The molecule has 3 aromatic rings. The van der Waals surface area contributed by atoms with Crippen LogP contribution in [-0.2, 0) is 11.3 Å². The predicted molar refractivity (Wildman–Crippen MR) is 108 cm³/mol. The Hall–Kier alpha value is -2.93. The van der Waals surface area contributed by atoms with Gasteiger partial charge in [-0.15, -0.1) is 0 Å². The van der Waals surface area contributed by atoms with Crippen LogP contribution in [0.25, 0.3) is 5.65 Å². The Morgan fingerprint density at radius 3 is 2.46 bits per heavy atom. The van der Waals surface area contributed by atoms with Crippen molar-refractivity contribution >= 4 is 22.9 Å². The van der Waals surface area contributed by atoms with E-state index in [-0.39, 0.29) is 5.82 Å². The van der Waals surface area contributed by atoms with E-state index in [1.165, 1.54) is 19.1 Å². The number of pyridine rings is 1. The first-order chi connectivity index (χ1) is 13.2. The van der Waals surface area contributed by atoms with Gasteiger partial charge in [0.15, 0.2) is 5.65 Å². The van der Waals surface area contributed by atoms with Crippen LogP contribution in [0.15, 0.2) is 24.4 Å². The predicted octanol–water partition coefficient (Wildman–Crippen LogP) is 3.64. The van der Waals surface area contributed by atoms with Crippen LogP contribution in [0.2, 0.25) is 0 Å². The van der Waals surface area contributed by atoms with E-state index in [0.717, 1.165) is 39.4 Å². The second-order valence-electron chi connectivity index (χ2n) is 7.16. The molecule has 1 aromatic carbocycles. The van der Waals surface area contributed by atoms with Crippen molar-refractivity contribution in [1.29, 1.82) is 0 Å². The number of anilines is 2. The smallest absolute Gasteiger partial charge is 0.252 e. The zero-order chi connectivity index (χ0) is 20.6. The van der Waals surface area contributed by atoms with Crippen molar-refractivity contribution in [3.05, 3.63) is 58.3 Å². The number of imidazole rings is 1. The first-order valence-corrected chi connectivity index (χ1v) is 9.15. The highest BCUT2D eigenvalue weighted by Gasteiger charge is 2.15. The summed E-state index contributed by atoms with van der Waals surface area (Å²) in [5.41, 5.74) is 6.62. The monoisotopic (exact) mass is 384 g/mol. The number of aryl methyl sites for hydroxylation is 4. The number of hydrogen-bond acceptors (Lipinski definition) is 4. The number of aromatic nitrogens is 2. The zero-order valence-corrected chi connectivity index (χ0v) is 16.7. The highest BCUT2D eigenvalue weighted by atomic mass is 19.1. The Morgan fingerprint density at radius 1 is 1.21 bits per heavy atom. The summed E-state index contributed by atoms with van der Waals surface area (Å²) in [5.74, 6) is -0.728. The van der Waals surface area contributed by atoms with Gasteiger partial charge in [0, 0.05) is 18.4 Å². The van der Waals surface area contributed by atoms with Gasteiger partial charge in [0.05, 0.1) is 17.1 Å². The van der Waals surface area contributed by atoms with E-state index in [9.17, 15) is 14.3 Å². The minimum absolute atomic E-state index is 0.247. The Bertz CT molecular complexity index is 1030. The number of fused-ring (bicyclic) bond motifs is 1. The Labute approximate surface area is 163 Å². The molecule has 0 unspecified atom stereocenters. The second kappa shape index (κ2) is 7.59. The van der Waals surface area contributed by atoms with Crippen LogP contribution < -0.4 is 10.6 Å². The molecule has 2 heterocycles. The maximum absolute atomic E-state index is 13.6. The van der Waals surface area contributed by atoms with Crippen LogP contribution in [0, 0.1) is 33.5 Å². The standard InChI is InChI=1S/C21H25FN4O2/c1-11-6-16(22)7-12(2)18(11)9-23-19-8-17(25-21(28)15(5)27)10-26-14(4)13(3)24-20(19)26/h6-8,10,15,23,27H,9H2,1-5H3,(H,25,28)/t15-/m0/s1. The summed E-state index contributed by atoms with van der Waals surface area (Å²) < 4.78 is 15.5. The molecule has 7 heteroatoms. The quantitative estimate of drug-likeness (QED) is 0.628. The summed E-state index contributed by atoms with van der Waals surface area (Å²) in [4.78, 5) is 16.5. The number of nitrogens with zero attached hydrogens (tertiary/aromatic N) is 2. The minimum atomic E-state index is -1.11. The molecule has 148 valence electrons. The lowest BCUT2D eigenvalue weighted by atomic mass is 10.0. The van der Waals surface area contributed by atoms with Gasteiger partial charge < -0.3 is 20.1 Å². The Morgan fingerprint density at radius 2 is 1.86 bits per heavy atom. The van der Waals surface area contributed by atoms with Crippen molar-refractivity contribution in [2.24, 2.45) is 0 Å². The number of benzene rings is 1. The summed E-state index contributed by atoms with van der Waals surface area (Å²) in [7, 11) is 0. The lowest BCUT2D eigenvalue weighted by Crippen LogP contribution is -2.24. The van der Waals surface area contributed by atoms with Crippen molar-refractivity contribution in [2.45, 2.75) is 47.3 Å². The average Bonchev–Trinajstić information content (AvgIpc) is 2.89. The number of nitrogens with one attached hydrogen (secondary N) is 2. The molecule has 1 atom stereocenters. The van der Waals surface area contributed by atoms with Crippen LogP contribution in [-0.4, -0.2) is 26.5 Å². The number of amides is 1. The number of carbonyl (C=O) groups is 1. The molecule has 0 aliphatic heterocycles. The summed E-state index contributed by atoms with van der Waals surface area (Å²) in [5, 5.41) is 15.6. The molecule has 3 N–H and O–H groups in total. The zero-order valence-electron chi connectivity index (χ0n) is 16.7. The van der Waals surface area contributed by atoms with Crippen molar-refractivity contribution in [3.63, 3.8) is 0 Å². The fraction of sp³-hybridized carbons (Fsp3) is 0.333. The molecule has 0 aliphatic carbocycles. The molecule has 6 nitrogen and oxygen atoms in total. The van der Waals surface area contributed by atoms with Crippen molar-refractivity contribution < 1.29 is 14.3 Å². The lowest BCUT2D eigenvalue weighted by Gasteiger charge is -2.15. The first kappa shape index (κ1) is 19.8. The van der Waals surface area contributed by atoms with Gasteiger partial charge in [-0.2, -0.15) is 0 Å². The van der Waals surface area contributed by atoms with E-state index in [1.807, 2.05) is 32.1 Å². The largest absolute Gasteiger partial charge is 0.384 e. The molecule has 3 rings (SSSR count). The third kappa shape index (κ3) is 3.84. The first-order valence-electron chi connectivity index (χ1n) is 9.15. The summed E-state index contributed by atoms with van der Waals surface area (Å²) in [6, 6.07) is 4.82. The lowest BCUT2D eigenvalue weighted by molar-refractivity contribution is -0.123. The molecule has 0 aliphatic rings. The minimum Gasteiger partial charge on any atom is -0.384 e. The highest BCUT2D eigenvalue weighted by molar-refractivity contribution is 5.94. The van der Waals surface area contributed by atoms with Crippen molar-refractivity contribution in [1.82, 2.24) is 9.38 Å². The summed E-state index contributed by atoms with van der Waals surface area (Å²) in [6.45, 7) is 9.55. The van der Waals surface area contributed by atoms with Crippen LogP contribution in [0.4, 0.5) is 15.8 Å². The van der Waals surface area contributed by atoms with E-state index in [4.69, 9.17) is 0 Å². The number of carbonyl (C=O) groups excluding carboxylic acids is 1. The molecule has 0 saturated carbocycles. The fourth-order valence-corrected chi connectivity index (χ4v) is 3.22. The number of rotatable bonds is 5. The molecule has 0 saturated heterocycles. The SMILES string of the molecule is Cc1cc(F)cc(C)c1CNc1cc(NC(=O)[C@H](C)O)cn2c(C)c(C)nc12. The molecule has 28 heavy (non-hydrogen) atoms. The number of aliphatic hydroxyl groups excluding tert-OH is 1. The molecule has 2 aromatic heterocycles. The molecule has 0 spiro atoms. The topological polar surface area (TPSA) is 78.7 Å².